The summed E-state index contributed by atoms with van der Waals surface area (Å²) in [4.78, 5) is 0. The smallest absolute Gasteiger partial charge is 0.119 e. The van der Waals surface area contributed by atoms with Gasteiger partial charge in [0.2, 0.25) is 0 Å². The van der Waals surface area contributed by atoms with Gasteiger partial charge in [-0.05, 0) is 19.8 Å². The summed E-state index contributed by atoms with van der Waals surface area (Å²) in [6.45, 7) is 2.86. The molecule has 16 heavy (non-hydrogen) atoms. The molecule has 0 bridgehead atoms. The third-order valence-electron chi connectivity index (χ3n) is 3.55. The molecule has 0 aliphatic heterocycles. The molecule has 0 saturated heterocycles. The number of aryl methyl sites for hydroxylation is 1. The fourth-order valence-corrected chi connectivity index (χ4v) is 2.53. The van der Waals surface area contributed by atoms with E-state index in [0.717, 1.165) is 37.8 Å². The van der Waals surface area contributed by atoms with Crippen LogP contribution in [0.3, 0.4) is 0 Å². The quantitative estimate of drug-likeness (QED) is 0.849. The van der Waals surface area contributed by atoms with Crippen LogP contribution in [0.5, 0.6) is 0 Å². The van der Waals surface area contributed by atoms with E-state index < -0.39 is 5.60 Å². The monoisotopic (exact) mass is 224 g/mol. The molecule has 0 aromatic carbocycles. The van der Waals surface area contributed by atoms with Crippen LogP contribution in [0.4, 0.5) is 0 Å². The van der Waals surface area contributed by atoms with Gasteiger partial charge in [-0.3, -0.25) is 4.68 Å². The molecule has 1 fully saturated rings. The van der Waals surface area contributed by atoms with Gasteiger partial charge in [-0.1, -0.05) is 12.8 Å². The van der Waals surface area contributed by atoms with E-state index in [1.165, 1.54) is 0 Å². The van der Waals surface area contributed by atoms with Crippen LogP contribution in [0.25, 0.3) is 0 Å². The Hall–Kier alpha value is -0.870. The second-order valence-corrected chi connectivity index (χ2v) is 4.48. The molecule has 1 aliphatic rings. The second kappa shape index (κ2) is 4.55. The van der Waals surface area contributed by atoms with Gasteiger partial charge in [-0.15, -0.1) is 0 Å². The highest BCUT2D eigenvalue weighted by atomic mass is 16.5. The molecule has 0 amide bonds. The largest absolute Gasteiger partial charge is 0.382 e. The van der Waals surface area contributed by atoms with Gasteiger partial charge in [0, 0.05) is 25.4 Å². The third-order valence-corrected chi connectivity index (χ3v) is 3.55. The zero-order valence-electron chi connectivity index (χ0n) is 10.0. The van der Waals surface area contributed by atoms with Crippen LogP contribution >= 0.6 is 0 Å². The van der Waals surface area contributed by atoms with Gasteiger partial charge in [0.25, 0.3) is 0 Å². The van der Waals surface area contributed by atoms with Crippen LogP contribution in [0, 0.1) is 0 Å². The SMILES string of the molecule is CCn1cc(C2(O)CCCCC2OC)cn1. The molecule has 1 saturated carbocycles. The molecular formula is C12H20N2O2. The second-order valence-electron chi connectivity index (χ2n) is 4.48. The normalized spacial score (nSPS) is 30.6. The minimum absolute atomic E-state index is 0.101. The Morgan fingerprint density at radius 2 is 2.44 bits per heavy atom. The maximum Gasteiger partial charge on any atom is 0.119 e. The molecule has 90 valence electrons. The lowest BCUT2D eigenvalue weighted by atomic mass is 9.78. The van der Waals surface area contributed by atoms with Crippen molar-refractivity contribution in [2.75, 3.05) is 7.11 Å². The summed E-state index contributed by atoms with van der Waals surface area (Å²) in [5.74, 6) is 0. The molecule has 1 aromatic heterocycles. The predicted molar refractivity (Wildman–Crippen MR) is 61.1 cm³/mol. The third kappa shape index (κ3) is 1.87. The fourth-order valence-electron chi connectivity index (χ4n) is 2.53. The molecular weight excluding hydrogens is 204 g/mol. The number of aromatic nitrogens is 2. The summed E-state index contributed by atoms with van der Waals surface area (Å²) >= 11 is 0. The Morgan fingerprint density at radius 3 is 3.06 bits per heavy atom. The Balaban J connectivity index is 2.27. The highest BCUT2D eigenvalue weighted by Gasteiger charge is 2.41. The highest BCUT2D eigenvalue weighted by Crippen LogP contribution is 2.38. The summed E-state index contributed by atoms with van der Waals surface area (Å²) in [6, 6.07) is 0. The summed E-state index contributed by atoms with van der Waals surface area (Å²) < 4.78 is 7.26. The van der Waals surface area contributed by atoms with Gasteiger partial charge < -0.3 is 9.84 Å². The molecule has 2 atom stereocenters. The van der Waals surface area contributed by atoms with Crippen molar-refractivity contribution in [2.24, 2.45) is 0 Å². The average molecular weight is 224 g/mol. The van der Waals surface area contributed by atoms with Crippen molar-refractivity contribution in [2.45, 2.75) is 50.9 Å². The first-order valence-corrected chi connectivity index (χ1v) is 5.99. The molecule has 4 nitrogen and oxygen atoms in total. The van der Waals surface area contributed by atoms with Gasteiger partial charge >= 0.3 is 0 Å². The average Bonchev–Trinajstić information content (AvgIpc) is 2.78. The number of methoxy groups -OCH3 is 1. The van der Waals surface area contributed by atoms with Crippen LogP contribution in [0.2, 0.25) is 0 Å². The topological polar surface area (TPSA) is 47.3 Å². The van der Waals surface area contributed by atoms with E-state index >= 15 is 0 Å². The molecule has 1 aliphatic carbocycles. The van der Waals surface area contributed by atoms with Crippen molar-refractivity contribution in [3.05, 3.63) is 18.0 Å². The van der Waals surface area contributed by atoms with E-state index in [2.05, 4.69) is 5.10 Å². The predicted octanol–water partition coefficient (Wildman–Crippen LogP) is 1.68. The molecule has 0 radical (unpaired) electrons. The van der Waals surface area contributed by atoms with E-state index in [4.69, 9.17) is 4.74 Å². The van der Waals surface area contributed by atoms with Gasteiger partial charge in [-0.2, -0.15) is 5.10 Å². The minimum atomic E-state index is -0.847. The van der Waals surface area contributed by atoms with Crippen molar-refractivity contribution < 1.29 is 9.84 Å². The van der Waals surface area contributed by atoms with E-state index in [0.29, 0.717) is 0 Å². The zero-order valence-corrected chi connectivity index (χ0v) is 10.0. The van der Waals surface area contributed by atoms with E-state index in [1.54, 1.807) is 13.3 Å². The van der Waals surface area contributed by atoms with Gasteiger partial charge in [0.15, 0.2) is 0 Å². The van der Waals surface area contributed by atoms with Gasteiger partial charge in [0.1, 0.15) is 5.60 Å². The number of rotatable bonds is 3. The molecule has 0 spiro atoms. The van der Waals surface area contributed by atoms with Gasteiger partial charge in [0.05, 0.1) is 12.3 Å². The van der Waals surface area contributed by atoms with Crippen molar-refractivity contribution >= 4 is 0 Å². The summed E-state index contributed by atoms with van der Waals surface area (Å²) in [6.07, 6.45) is 7.45. The Kier molecular flexibility index (Phi) is 3.30. The first kappa shape index (κ1) is 11.6. The highest BCUT2D eigenvalue weighted by molar-refractivity contribution is 5.18. The number of hydrogen-bond donors (Lipinski definition) is 1. The van der Waals surface area contributed by atoms with Crippen LogP contribution in [-0.2, 0) is 16.9 Å². The first-order valence-electron chi connectivity index (χ1n) is 5.99. The van der Waals surface area contributed by atoms with E-state index in [-0.39, 0.29) is 6.10 Å². The molecule has 1 N–H and O–H groups in total. The van der Waals surface area contributed by atoms with Gasteiger partial charge in [-0.25, -0.2) is 0 Å². The lowest BCUT2D eigenvalue weighted by molar-refractivity contribution is -0.122. The molecule has 2 unspecified atom stereocenters. The lowest BCUT2D eigenvalue weighted by Crippen LogP contribution is -2.43. The zero-order chi connectivity index (χ0) is 11.6. The van der Waals surface area contributed by atoms with Crippen LogP contribution in [-0.4, -0.2) is 28.1 Å². The lowest BCUT2D eigenvalue weighted by Gasteiger charge is -2.38. The molecule has 1 heterocycles. The molecule has 4 heteroatoms. The number of hydrogen-bond acceptors (Lipinski definition) is 3. The Bertz CT molecular complexity index is 351. The standard InChI is InChI=1S/C12H20N2O2/c1-3-14-9-10(8-13-14)12(15)7-5-4-6-11(12)16-2/h8-9,11,15H,3-7H2,1-2H3. The summed E-state index contributed by atoms with van der Waals surface area (Å²) in [7, 11) is 1.67. The number of aliphatic hydroxyl groups is 1. The van der Waals surface area contributed by atoms with Crippen molar-refractivity contribution in [1.29, 1.82) is 0 Å². The van der Waals surface area contributed by atoms with Crippen LogP contribution in [0.15, 0.2) is 12.4 Å². The van der Waals surface area contributed by atoms with Crippen LogP contribution < -0.4 is 0 Å². The van der Waals surface area contributed by atoms with E-state index in [9.17, 15) is 5.11 Å². The number of ether oxygens (including phenoxy) is 1. The van der Waals surface area contributed by atoms with Crippen molar-refractivity contribution in [1.82, 2.24) is 9.78 Å². The maximum atomic E-state index is 10.7. The fraction of sp³-hybridized carbons (Fsp3) is 0.750. The van der Waals surface area contributed by atoms with E-state index in [1.807, 2.05) is 17.8 Å². The minimum Gasteiger partial charge on any atom is -0.382 e. The summed E-state index contributed by atoms with van der Waals surface area (Å²) in [5.41, 5.74) is 0.0429. The Labute approximate surface area is 96.2 Å². The molecule has 2 rings (SSSR count). The Morgan fingerprint density at radius 1 is 1.62 bits per heavy atom. The summed E-state index contributed by atoms with van der Waals surface area (Å²) in [5, 5.41) is 15.0. The first-order chi connectivity index (χ1) is 7.70. The van der Waals surface area contributed by atoms with Crippen LogP contribution in [0.1, 0.15) is 38.2 Å². The number of nitrogens with zero attached hydrogens (tertiary/aromatic N) is 2. The molecule has 1 aromatic rings. The maximum absolute atomic E-state index is 10.7. The van der Waals surface area contributed by atoms with Crippen molar-refractivity contribution in [3.8, 4) is 0 Å². The van der Waals surface area contributed by atoms with Crippen molar-refractivity contribution in [3.63, 3.8) is 0 Å².